The molecule has 5 nitrogen and oxygen atoms in total. The lowest BCUT2D eigenvalue weighted by atomic mass is 9.96. The minimum absolute atomic E-state index is 0.159. The van der Waals surface area contributed by atoms with Crippen LogP contribution in [0.1, 0.15) is 30.2 Å². The van der Waals surface area contributed by atoms with Gasteiger partial charge in [0.1, 0.15) is 11.3 Å². The Morgan fingerprint density at radius 1 is 1.03 bits per heavy atom. The molecule has 1 aliphatic heterocycles. The van der Waals surface area contributed by atoms with Crippen LogP contribution in [0.3, 0.4) is 0 Å². The largest absolute Gasteiger partial charge is 0.440 e. The Balaban J connectivity index is 1.29. The lowest BCUT2D eigenvalue weighted by Crippen LogP contribution is -2.32. The third-order valence-electron chi connectivity index (χ3n) is 6.11. The Morgan fingerprint density at radius 3 is 2.53 bits per heavy atom. The van der Waals surface area contributed by atoms with E-state index >= 15 is 0 Å². The highest BCUT2D eigenvalue weighted by Crippen LogP contribution is 2.32. The Bertz CT molecular complexity index is 1230. The first-order valence-electron chi connectivity index (χ1n) is 10.9. The van der Waals surface area contributed by atoms with Gasteiger partial charge in [-0.05, 0) is 66.9 Å². The molecular weight excluding hydrogens is 405 g/mol. The Morgan fingerprint density at radius 2 is 1.78 bits per heavy atom. The highest BCUT2D eigenvalue weighted by molar-refractivity contribution is 5.81. The van der Waals surface area contributed by atoms with Gasteiger partial charge in [-0.3, -0.25) is 9.69 Å². The number of anilines is 1. The van der Waals surface area contributed by atoms with Crippen molar-refractivity contribution in [2.24, 2.45) is 0 Å². The smallest absolute Gasteiger partial charge is 0.211 e. The van der Waals surface area contributed by atoms with E-state index in [4.69, 9.17) is 9.40 Å². The molecule has 0 unspecified atom stereocenters. The maximum absolute atomic E-state index is 14.2. The van der Waals surface area contributed by atoms with Gasteiger partial charge in [0.2, 0.25) is 6.41 Å². The van der Waals surface area contributed by atoms with Crippen LogP contribution in [-0.2, 0) is 11.3 Å². The van der Waals surface area contributed by atoms with Gasteiger partial charge in [0.25, 0.3) is 0 Å². The molecule has 4 aromatic rings. The number of benzene rings is 3. The third kappa shape index (κ3) is 4.27. The average molecular weight is 429 g/mol. The lowest BCUT2D eigenvalue weighted by molar-refractivity contribution is -0.105. The fraction of sp³-hybridized carbons (Fsp3) is 0.231. The van der Waals surface area contributed by atoms with E-state index in [1.165, 1.54) is 11.6 Å². The number of likely N-dealkylation sites (tertiary alicyclic amines) is 1. The van der Waals surface area contributed by atoms with Crippen LogP contribution in [0.5, 0.6) is 0 Å². The molecule has 1 amide bonds. The second-order valence-electron chi connectivity index (χ2n) is 8.23. The minimum atomic E-state index is -0.474. The van der Waals surface area contributed by atoms with E-state index in [9.17, 15) is 9.18 Å². The topological polar surface area (TPSA) is 58.4 Å². The van der Waals surface area contributed by atoms with E-state index in [1.807, 2.05) is 24.3 Å². The highest BCUT2D eigenvalue weighted by atomic mass is 19.1. The van der Waals surface area contributed by atoms with Crippen LogP contribution < -0.4 is 5.32 Å². The first-order chi connectivity index (χ1) is 15.7. The van der Waals surface area contributed by atoms with Gasteiger partial charge in [-0.1, -0.05) is 42.5 Å². The molecular formula is C26H24FN3O2. The molecule has 0 bridgehead atoms. The van der Waals surface area contributed by atoms with Gasteiger partial charge in [-0.15, -0.1) is 0 Å². The van der Waals surface area contributed by atoms with Gasteiger partial charge in [0.05, 0.1) is 5.69 Å². The monoisotopic (exact) mass is 429 g/mol. The SMILES string of the molecule is O=CNc1ccc(-c2ccc3oc(C4CCN(Cc5ccccc5)CC4)nc3c2)cc1F. The Labute approximate surface area is 185 Å². The predicted octanol–water partition coefficient (Wildman–Crippen LogP) is 5.58. The van der Waals surface area contributed by atoms with E-state index in [-0.39, 0.29) is 5.69 Å². The number of piperidine rings is 1. The quantitative estimate of drug-likeness (QED) is 0.407. The number of rotatable bonds is 6. The van der Waals surface area contributed by atoms with Gasteiger partial charge in [0, 0.05) is 12.5 Å². The Hall–Kier alpha value is -3.51. The van der Waals surface area contributed by atoms with Crippen molar-refractivity contribution in [2.75, 3.05) is 18.4 Å². The van der Waals surface area contributed by atoms with Crippen molar-refractivity contribution in [1.29, 1.82) is 0 Å². The van der Waals surface area contributed by atoms with Gasteiger partial charge in [-0.2, -0.15) is 0 Å². The Kier molecular flexibility index (Phi) is 5.69. The molecule has 1 N–H and O–H groups in total. The van der Waals surface area contributed by atoms with Crippen molar-refractivity contribution in [1.82, 2.24) is 9.88 Å². The summed E-state index contributed by atoms with van der Waals surface area (Å²) in [5, 5.41) is 2.35. The maximum atomic E-state index is 14.2. The standard InChI is InChI=1S/C26H24FN3O2/c27-22-14-20(6-8-23(22)28-17-31)21-7-9-25-24(15-21)29-26(32-25)19-10-12-30(13-11-19)16-18-4-2-1-3-5-18/h1-9,14-15,17,19H,10-13,16H2,(H,28,31). The van der Waals surface area contributed by atoms with Crippen molar-refractivity contribution in [3.63, 3.8) is 0 Å². The summed E-state index contributed by atoms with van der Waals surface area (Å²) >= 11 is 0. The van der Waals surface area contributed by atoms with Crippen LogP contribution in [0.25, 0.3) is 22.2 Å². The van der Waals surface area contributed by atoms with Crippen LogP contribution in [0.15, 0.2) is 71.1 Å². The van der Waals surface area contributed by atoms with E-state index in [0.29, 0.717) is 12.3 Å². The second kappa shape index (κ2) is 8.93. The van der Waals surface area contributed by atoms with Crippen LogP contribution in [0, 0.1) is 5.82 Å². The normalized spacial score (nSPS) is 15.2. The van der Waals surface area contributed by atoms with Gasteiger partial charge >= 0.3 is 0 Å². The molecule has 5 rings (SSSR count). The van der Waals surface area contributed by atoms with Gasteiger partial charge in [0.15, 0.2) is 11.5 Å². The molecule has 32 heavy (non-hydrogen) atoms. The summed E-state index contributed by atoms with van der Waals surface area (Å²) in [6.45, 7) is 3.01. The van der Waals surface area contributed by atoms with Crippen molar-refractivity contribution >= 4 is 23.2 Å². The van der Waals surface area contributed by atoms with Crippen LogP contribution >= 0.6 is 0 Å². The molecule has 0 atom stereocenters. The molecule has 1 aliphatic rings. The van der Waals surface area contributed by atoms with Gasteiger partial charge in [-0.25, -0.2) is 9.37 Å². The molecule has 1 aromatic heterocycles. The fourth-order valence-electron chi connectivity index (χ4n) is 4.35. The fourth-order valence-corrected chi connectivity index (χ4v) is 4.35. The lowest BCUT2D eigenvalue weighted by Gasteiger charge is -2.30. The molecule has 0 radical (unpaired) electrons. The van der Waals surface area contributed by atoms with Crippen molar-refractivity contribution in [3.8, 4) is 11.1 Å². The first kappa shape index (κ1) is 20.4. The van der Waals surface area contributed by atoms with Crippen LogP contribution in [-0.4, -0.2) is 29.4 Å². The summed E-state index contributed by atoms with van der Waals surface area (Å²) in [6, 6.07) is 21.0. The molecule has 3 aromatic carbocycles. The van der Waals surface area contributed by atoms with E-state index < -0.39 is 5.82 Å². The van der Waals surface area contributed by atoms with Gasteiger partial charge < -0.3 is 9.73 Å². The number of oxazole rings is 1. The number of aromatic nitrogens is 1. The summed E-state index contributed by atoms with van der Waals surface area (Å²) in [7, 11) is 0. The van der Waals surface area contributed by atoms with Crippen LogP contribution in [0.2, 0.25) is 0 Å². The average Bonchev–Trinajstić information content (AvgIpc) is 3.25. The number of carbonyl (C=O) groups excluding carboxylic acids is 1. The van der Waals surface area contributed by atoms with Crippen molar-refractivity contribution < 1.29 is 13.6 Å². The third-order valence-corrected chi connectivity index (χ3v) is 6.11. The molecule has 162 valence electrons. The number of hydrogen-bond donors (Lipinski definition) is 1. The molecule has 1 fully saturated rings. The highest BCUT2D eigenvalue weighted by Gasteiger charge is 2.24. The first-order valence-corrected chi connectivity index (χ1v) is 10.9. The molecule has 0 saturated carbocycles. The zero-order valence-corrected chi connectivity index (χ0v) is 17.6. The number of nitrogens with zero attached hydrogens (tertiary/aromatic N) is 2. The number of halogens is 1. The van der Waals surface area contributed by atoms with Crippen molar-refractivity contribution in [3.05, 3.63) is 84.0 Å². The molecule has 0 spiro atoms. The van der Waals surface area contributed by atoms with Crippen LogP contribution in [0.4, 0.5) is 10.1 Å². The zero-order valence-electron chi connectivity index (χ0n) is 17.6. The number of fused-ring (bicyclic) bond motifs is 1. The molecule has 6 heteroatoms. The van der Waals surface area contributed by atoms with E-state index in [0.717, 1.165) is 60.6 Å². The molecule has 1 saturated heterocycles. The van der Waals surface area contributed by atoms with E-state index in [1.54, 1.807) is 12.1 Å². The molecule has 2 heterocycles. The predicted molar refractivity (Wildman–Crippen MR) is 123 cm³/mol. The summed E-state index contributed by atoms with van der Waals surface area (Å²) in [5.74, 6) is 0.620. The van der Waals surface area contributed by atoms with Crippen molar-refractivity contribution in [2.45, 2.75) is 25.3 Å². The molecule has 0 aliphatic carbocycles. The number of nitrogens with one attached hydrogen (secondary N) is 1. The second-order valence-corrected chi connectivity index (χ2v) is 8.23. The maximum Gasteiger partial charge on any atom is 0.211 e. The number of carbonyl (C=O) groups is 1. The van der Waals surface area contributed by atoms with E-state index in [2.05, 4.69) is 34.5 Å². The number of amides is 1. The minimum Gasteiger partial charge on any atom is -0.440 e. The summed E-state index contributed by atoms with van der Waals surface area (Å²) in [5.41, 5.74) is 4.60. The summed E-state index contributed by atoms with van der Waals surface area (Å²) in [4.78, 5) is 17.8. The summed E-state index contributed by atoms with van der Waals surface area (Å²) in [6.07, 6.45) is 2.50. The summed E-state index contributed by atoms with van der Waals surface area (Å²) < 4.78 is 20.3. The number of hydrogen-bond acceptors (Lipinski definition) is 4. The zero-order chi connectivity index (χ0) is 21.9.